The first-order valence-electron chi connectivity index (χ1n) is 4.72. The number of ether oxygens (including phenoxy) is 2. The summed E-state index contributed by atoms with van der Waals surface area (Å²) in [5.74, 6) is 0.322. The molecule has 0 amide bonds. The molecule has 0 radical (unpaired) electrons. The zero-order chi connectivity index (χ0) is 12.1. The number of methoxy groups -OCH3 is 2. The van der Waals surface area contributed by atoms with Crippen molar-refractivity contribution in [2.45, 2.75) is 6.92 Å². The fraction of sp³-hybridized carbons (Fsp3) is 0.250. The van der Waals surface area contributed by atoms with Crippen molar-refractivity contribution in [1.29, 1.82) is 0 Å². The smallest absolute Gasteiger partial charge is 0.328 e. The van der Waals surface area contributed by atoms with E-state index in [-0.39, 0.29) is 0 Å². The average Bonchev–Trinajstić information content (AvgIpc) is 2.26. The molecule has 86 valence electrons. The van der Waals surface area contributed by atoms with Crippen molar-refractivity contribution in [3.8, 4) is 11.5 Å². The van der Waals surface area contributed by atoms with Gasteiger partial charge in [-0.2, -0.15) is 0 Å². The van der Waals surface area contributed by atoms with Crippen LogP contribution in [0.2, 0.25) is 0 Å². The lowest BCUT2D eigenvalue weighted by Crippen LogP contribution is -1.93. The van der Waals surface area contributed by atoms with Crippen molar-refractivity contribution in [3.63, 3.8) is 0 Å². The van der Waals surface area contributed by atoms with Crippen LogP contribution in [-0.2, 0) is 4.79 Å². The van der Waals surface area contributed by atoms with E-state index in [2.05, 4.69) is 0 Å². The third-order valence-corrected chi connectivity index (χ3v) is 2.15. The monoisotopic (exact) mass is 222 g/mol. The largest absolute Gasteiger partial charge is 0.496 e. The number of carboxylic acid groups (broad SMARTS) is 1. The maximum absolute atomic E-state index is 10.4. The molecule has 1 rings (SSSR count). The topological polar surface area (TPSA) is 55.8 Å². The summed E-state index contributed by atoms with van der Waals surface area (Å²) in [7, 11) is 3.11. The molecule has 0 heterocycles. The summed E-state index contributed by atoms with van der Waals surface area (Å²) in [6.45, 7) is 1.89. The van der Waals surface area contributed by atoms with Crippen molar-refractivity contribution in [3.05, 3.63) is 29.3 Å². The van der Waals surface area contributed by atoms with Gasteiger partial charge in [-0.05, 0) is 30.7 Å². The van der Waals surface area contributed by atoms with Gasteiger partial charge in [-0.15, -0.1) is 0 Å². The van der Waals surface area contributed by atoms with Gasteiger partial charge in [-0.25, -0.2) is 4.79 Å². The van der Waals surface area contributed by atoms with Crippen LogP contribution in [0.25, 0.3) is 6.08 Å². The maximum Gasteiger partial charge on any atom is 0.328 e. The van der Waals surface area contributed by atoms with Crippen LogP contribution < -0.4 is 9.47 Å². The quantitative estimate of drug-likeness (QED) is 0.793. The van der Waals surface area contributed by atoms with Crippen LogP contribution in [0.5, 0.6) is 11.5 Å². The highest BCUT2D eigenvalue weighted by atomic mass is 16.5. The summed E-state index contributed by atoms with van der Waals surface area (Å²) >= 11 is 0. The predicted octanol–water partition coefficient (Wildman–Crippen LogP) is 2.11. The number of hydrogen-bond donors (Lipinski definition) is 1. The minimum atomic E-state index is -0.999. The molecule has 0 saturated heterocycles. The number of rotatable bonds is 4. The van der Waals surface area contributed by atoms with E-state index in [9.17, 15) is 4.79 Å². The van der Waals surface area contributed by atoms with E-state index in [1.165, 1.54) is 6.08 Å². The molecule has 0 aliphatic heterocycles. The fourth-order valence-electron chi connectivity index (χ4n) is 1.37. The molecular formula is C12H14O4. The Morgan fingerprint density at radius 3 is 2.38 bits per heavy atom. The van der Waals surface area contributed by atoms with Gasteiger partial charge in [0.15, 0.2) is 0 Å². The van der Waals surface area contributed by atoms with E-state index >= 15 is 0 Å². The summed E-state index contributed by atoms with van der Waals surface area (Å²) < 4.78 is 10.3. The van der Waals surface area contributed by atoms with Gasteiger partial charge in [0.2, 0.25) is 0 Å². The van der Waals surface area contributed by atoms with E-state index in [0.717, 1.165) is 11.6 Å². The van der Waals surface area contributed by atoms with Gasteiger partial charge >= 0.3 is 5.97 Å². The van der Waals surface area contributed by atoms with E-state index in [0.29, 0.717) is 17.1 Å². The molecule has 0 saturated carbocycles. The van der Waals surface area contributed by atoms with Gasteiger partial charge in [0.25, 0.3) is 0 Å². The molecule has 0 unspecified atom stereocenters. The fourth-order valence-corrected chi connectivity index (χ4v) is 1.37. The number of aryl methyl sites for hydroxylation is 1. The molecule has 0 aliphatic rings. The van der Waals surface area contributed by atoms with Crippen molar-refractivity contribution < 1.29 is 19.4 Å². The highest BCUT2D eigenvalue weighted by molar-refractivity contribution is 5.86. The van der Waals surface area contributed by atoms with Gasteiger partial charge in [0, 0.05) is 11.6 Å². The second kappa shape index (κ2) is 5.21. The molecule has 0 spiro atoms. The molecule has 1 aromatic rings. The normalized spacial score (nSPS) is 10.4. The Hall–Kier alpha value is -1.97. The van der Waals surface area contributed by atoms with Crippen LogP contribution in [0, 0.1) is 6.92 Å². The molecule has 0 fully saturated rings. The number of aliphatic carboxylic acids is 1. The number of carboxylic acids is 1. The van der Waals surface area contributed by atoms with Crippen LogP contribution in [0.15, 0.2) is 18.2 Å². The predicted molar refractivity (Wildman–Crippen MR) is 61.0 cm³/mol. The van der Waals surface area contributed by atoms with Crippen LogP contribution in [0.3, 0.4) is 0 Å². The molecule has 1 aromatic carbocycles. The number of benzene rings is 1. The Balaban J connectivity index is 3.19. The maximum atomic E-state index is 10.4. The molecule has 4 heteroatoms. The summed E-state index contributed by atoms with van der Waals surface area (Å²) in [5, 5.41) is 8.56. The lowest BCUT2D eigenvalue weighted by atomic mass is 10.1. The zero-order valence-electron chi connectivity index (χ0n) is 9.48. The molecule has 4 nitrogen and oxygen atoms in total. The average molecular weight is 222 g/mol. The Labute approximate surface area is 94.1 Å². The second-order valence-electron chi connectivity index (χ2n) is 3.24. The van der Waals surface area contributed by atoms with Gasteiger partial charge in [0.1, 0.15) is 11.5 Å². The van der Waals surface area contributed by atoms with Crippen LogP contribution >= 0.6 is 0 Å². The van der Waals surface area contributed by atoms with Gasteiger partial charge in [-0.1, -0.05) is 0 Å². The Bertz CT molecular complexity index is 421. The van der Waals surface area contributed by atoms with Gasteiger partial charge in [0.05, 0.1) is 14.2 Å². The lowest BCUT2D eigenvalue weighted by Gasteiger charge is -2.10. The number of carbonyl (C=O) groups is 1. The van der Waals surface area contributed by atoms with E-state index in [1.54, 1.807) is 26.4 Å². The highest BCUT2D eigenvalue weighted by Gasteiger charge is 2.06. The highest BCUT2D eigenvalue weighted by Crippen LogP contribution is 2.29. The van der Waals surface area contributed by atoms with Gasteiger partial charge in [-0.3, -0.25) is 0 Å². The molecule has 1 N–H and O–H groups in total. The summed E-state index contributed by atoms with van der Waals surface area (Å²) in [4.78, 5) is 10.4. The molecule has 0 atom stereocenters. The second-order valence-corrected chi connectivity index (χ2v) is 3.24. The third kappa shape index (κ3) is 2.76. The molecule has 0 bridgehead atoms. The minimum absolute atomic E-state index is 0.621. The minimum Gasteiger partial charge on any atom is -0.496 e. The van der Waals surface area contributed by atoms with E-state index in [4.69, 9.17) is 14.6 Å². The summed E-state index contributed by atoms with van der Waals surface area (Å²) in [5.41, 5.74) is 1.61. The van der Waals surface area contributed by atoms with Crippen molar-refractivity contribution in [2.75, 3.05) is 14.2 Å². The Morgan fingerprint density at radius 1 is 1.25 bits per heavy atom. The molecular weight excluding hydrogens is 208 g/mol. The van der Waals surface area contributed by atoms with Crippen molar-refractivity contribution >= 4 is 12.0 Å². The van der Waals surface area contributed by atoms with Crippen LogP contribution in [-0.4, -0.2) is 25.3 Å². The Morgan fingerprint density at radius 2 is 1.88 bits per heavy atom. The van der Waals surface area contributed by atoms with Crippen molar-refractivity contribution in [1.82, 2.24) is 0 Å². The number of hydrogen-bond acceptors (Lipinski definition) is 3. The van der Waals surface area contributed by atoms with Crippen molar-refractivity contribution in [2.24, 2.45) is 0 Å². The van der Waals surface area contributed by atoms with Gasteiger partial charge < -0.3 is 14.6 Å². The molecule has 0 aromatic heterocycles. The first kappa shape index (κ1) is 12.1. The zero-order valence-corrected chi connectivity index (χ0v) is 9.48. The third-order valence-electron chi connectivity index (χ3n) is 2.15. The van der Waals surface area contributed by atoms with Crippen LogP contribution in [0.1, 0.15) is 11.1 Å². The standard InChI is InChI=1S/C12H14O4/c1-8-6-11(16-3)9(4-5-12(13)14)7-10(8)15-2/h4-7H,1-3H3,(H,13,14). The molecule has 16 heavy (non-hydrogen) atoms. The SMILES string of the molecule is COc1cc(C=CC(=O)O)c(OC)cc1C. The van der Waals surface area contributed by atoms with E-state index in [1.807, 2.05) is 6.92 Å². The first-order chi connectivity index (χ1) is 7.58. The molecule has 0 aliphatic carbocycles. The van der Waals surface area contributed by atoms with E-state index < -0.39 is 5.97 Å². The first-order valence-corrected chi connectivity index (χ1v) is 4.72. The Kier molecular flexibility index (Phi) is 3.94. The summed E-state index contributed by atoms with van der Waals surface area (Å²) in [6, 6.07) is 3.55. The lowest BCUT2D eigenvalue weighted by molar-refractivity contribution is -0.131. The van der Waals surface area contributed by atoms with Crippen LogP contribution in [0.4, 0.5) is 0 Å². The summed E-state index contributed by atoms with van der Waals surface area (Å²) in [6.07, 6.45) is 2.54.